The zero-order chi connectivity index (χ0) is 23.4. The van der Waals surface area contributed by atoms with Crippen LogP contribution in [0.4, 0.5) is 4.79 Å². The maximum absolute atomic E-state index is 12.6. The molecule has 1 amide bonds. The van der Waals surface area contributed by atoms with E-state index >= 15 is 0 Å². The summed E-state index contributed by atoms with van der Waals surface area (Å²) in [5.41, 5.74) is 5.28. The number of carbonyl (C=O) groups is 2. The van der Waals surface area contributed by atoms with E-state index in [0.29, 0.717) is 0 Å². The van der Waals surface area contributed by atoms with Crippen LogP contribution < -0.4 is 5.32 Å². The molecule has 167 valence electrons. The highest BCUT2D eigenvalue weighted by Gasteiger charge is 2.42. The van der Waals surface area contributed by atoms with Gasteiger partial charge in [0.25, 0.3) is 0 Å². The Morgan fingerprint density at radius 3 is 2.09 bits per heavy atom. The first-order valence-corrected chi connectivity index (χ1v) is 11.2. The smallest absolute Gasteiger partial charge is 0.407 e. The van der Waals surface area contributed by atoms with Crippen molar-refractivity contribution in [2.75, 3.05) is 6.61 Å². The van der Waals surface area contributed by atoms with Gasteiger partial charge in [-0.1, -0.05) is 78.9 Å². The van der Waals surface area contributed by atoms with E-state index in [9.17, 15) is 14.7 Å². The van der Waals surface area contributed by atoms with Crippen molar-refractivity contribution >= 4 is 22.3 Å². The highest BCUT2D eigenvalue weighted by molar-refractivity contribution is 6.28. The Kier molecular flexibility index (Phi) is 6.62. The van der Waals surface area contributed by atoms with Gasteiger partial charge in [0.1, 0.15) is 11.8 Å². The fraction of sp³-hybridized carbons (Fsp3) is 0.231. The van der Waals surface area contributed by atoms with Gasteiger partial charge in [-0.3, -0.25) is 0 Å². The van der Waals surface area contributed by atoms with Gasteiger partial charge in [-0.25, -0.2) is 9.59 Å². The molecule has 1 aliphatic rings. The molecule has 0 fully saturated rings. The summed E-state index contributed by atoms with van der Waals surface area (Å²) in [4.78, 5) is 24.6. The van der Waals surface area contributed by atoms with Crippen LogP contribution in [-0.2, 0) is 20.9 Å². The maximum Gasteiger partial charge on any atom is 0.407 e. The van der Waals surface area contributed by atoms with Gasteiger partial charge in [0.15, 0.2) is 0 Å². The minimum Gasteiger partial charge on any atom is -0.480 e. The molecule has 33 heavy (non-hydrogen) atoms. The van der Waals surface area contributed by atoms with E-state index in [0.717, 1.165) is 27.8 Å². The zero-order valence-electron chi connectivity index (χ0n) is 18.2. The molecule has 6 nitrogen and oxygen atoms in total. The van der Waals surface area contributed by atoms with Crippen LogP contribution in [0.2, 0.25) is 0 Å². The number of carboxylic acid groups (broad SMARTS) is 1. The Morgan fingerprint density at radius 1 is 0.970 bits per heavy atom. The number of amides is 1. The van der Waals surface area contributed by atoms with Crippen molar-refractivity contribution in [1.82, 2.24) is 5.32 Å². The molecule has 2 atom stereocenters. The molecule has 3 aromatic carbocycles. The fourth-order valence-corrected chi connectivity index (χ4v) is 4.23. The van der Waals surface area contributed by atoms with E-state index in [2.05, 4.69) is 15.6 Å². The second-order valence-electron chi connectivity index (χ2n) is 8.00. The molecule has 0 bridgehead atoms. The number of ether oxygens (including phenoxy) is 2. The lowest BCUT2D eigenvalue weighted by Crippen LogP contribution is -2.62. The van der Waals surface area contributed by atoms with Gasteiger partial charge in [0.05, 0.1) is 23.0 Å². The van der Waals surface area contributed by atoms with Crippen molar-refractivity contribution in [3.8, 4) is 11.1 Å². The van der Waals surface area contributed by atoms with Crippen molar-refractivity contribution in [3.63, 3.8) is 0 Å². The Morgan fingerprint density at radius 2 is 1.52 bits per heavy atom. The van der Waals surface area contributed by atoms with Crippen molar-refractivity contribution < 1.29 is 24.2 Å². The van der Waals surface area contributed by atoms with Gasteiger partial charge >= 0.3 is 12.1 Å². The quantitative estimate of drug-likeness (QED) is 0.497. The van der Waals surface area contributed by atoms with Crippen LogP contribution in [0.25, 0.3) is 11.1 Å². The molecule has 0 saturated carbocycles. The van der Waals surface area contributed by atoms with E-state index < -0.39 is 23.3 Å². The van der Waals surface area contributed by atoms with Crippen molar-refractivity contribution in [2.45, 2.75) is 30.7 Å². The van der Waals surface area contributed by atoms with Gasteiger partial charge in [-0.15, -0.1) is 0 Å². The molecule has 0 saturated heterocycles. The third-order valence-corrected chi connectivity index (χ3v) is 6.68. The minimum atomic E-state index is -1.85. The average molecular weight is 459 g/mol. The molecule has 7 heteroatoms. The van der Waals surface area contributed by atoms with Crippen LogP contribution in [0, 0.1) is 0 Å². The van der Waals surface area contributed by atoms with Crippen LogP contribution in [0.15, 0.2) is 78.9 Å². The number of aliphatic carboxylic acids is 1. The third-order valence-electron chi connectivity index (χ3n) is 5.93. The van der Waals surface area contributed by atoms with E-state index in [1.165, 1.54) is 0 Å². The van der Waals surface area contributed by atoms with E-state index in [-0.39, 0.29) is 19.1 Å². The first kappa shape index (κ1) is 22.8. The summed E-state index contributed by atoms with van der Waals surface area (Å²) in [5, 5.41) is 10.4. The second-order valence-corrected chi connectivity index (χ2v) is 8.79. The molecular formula is C26H24NO5Si. The van der Waals surface area contributed by atoms with Crippen LogP contribution >= 0.6 is 0 Å². The molecule has 4 rings (SSSR count). The van der Waals surface area contributed by atoms with E-state index in [4.69, 9.17) is 9.47 Å². The van der Waals surface area contributed by atoms with Crippen molar-refractivity contribution in [3.05, 3.63) is 95.6 Å². The van der Waals surface area contributed by atoms with Crippen LogP contribution in [-0.4, -0.2) is 45.3 Å². The summed E-state index contributed by atoms with van der Waals surface area (Å²) in [7, 11) is 3.22. The Hall–Kier alpha value is -3.42. The number of rotatable bonds is 8. The predicted molar refractivity (Wildman–Crippen MR) is 125 cm³/mol. The minimum absolute atomic E-state index is 0.0844. The lowest BCUT2D eigenvalue weighted by Gasteiger charge is -2.32. The van der Waals surface area contributed by atoms with Crippen molar-refractivity contribution in [2.24, 2.45) is 0 Å². The van der Waals surface area contributed by atoms with E-state index in [1.54, 1.807) is 6.92 Å². The number of carboxylic acids is 1. The number of hydrogen-bond donors (Lipinski definition) is 2. The summed E-state index contributed by atoms with van der Waals surface area (Å²) in [6.45, 7) is 1.86. The first-order chi connectivity index (χ1) is 15.9. The largest absolute Gasteiger partial charge is 0.480 e. The average Bonchev–Trinajstić information content (AvgIpc) is 3.15. The molecule has 0 heterocycles. The van der Waals surface area contributed by atoms with Gasteiger partial charge < -0.3 is 19.9 Å². The monoisotopic (exact) mass is 458 g/mol. The summed E-state index contributed by atoms with van der Waals surface area (Å²) in [6.07, 6.45) is -1.73. The van der Waals surface area contributed by atoms with E-state index in [1.807, 2.05) is 78.9 Å². The molecule has 0 spiro atoms. The Balaban J connectivity index is 1.42. The molecular weight excluding hydrogens is 434 g/mol. The Labute approximate surface area is 196 Å². The number of hydrogen-bond acceptors (Lipinski definition) is 4. The number of fused-ring (bicyclic) bond motifs is 3. The summed E-state index contributed by atoms with van der Waals surface area (Å²) in [5.74, 6) is -1.41. The predicted octanol–water partition coefficient (Wildman–Crippen LogP) is 4.08. The standard InChI is InChI=1S/C26H24NO5Si/c1-17(31-15-18-9-3-2-4-10-18)26(33,24(28)29)27-25(30)32-16-23-21-13-7-5-11-19(21)20-12-6-8-14-22(20)23/h2-14,17,23H,15-16H2,1H3,(H,27,30)(H,28,29)/t17-,26-/m0/s1. The number of nitrogens with one attached hydrogen (secondary N) is 1. The molecule has 1 aliphatic carbocycles. The number of carbonyl (C=O) groups excluding carboxylic acids is 1. The fourth-order valence-electron chi connectivity index (χ4n) is 4.04. The van der Waals surface area contributed by atoms with Gasteiger partial charge in [-0.05, 0) is 34.7 Å². The zero-order valence-corrected chi connectivity index (χ0v) is 19.2. The maximum atomic E-state index is 12.6. The third kappa shape index (κ3) is 4.69. The summed E-state index contributed by atoms with van der Waals surface area (Å²) < 4.78 is 11.2. The first-order valence-electron chi connectivity index (χ1n) is 10.7. The lowest BCUT2D eigenvalue weighted by molar-refractivity contribution is -0.146. The van der Waals surface area contributed by atoms with Crippen LogP contribution in [0.3, 0.4) is 0 Å². The second kappa shape index (κ2) is 9.60. The van der Waals surface area contributed by atoms with Gasteiger partial charge in [0, 0.05) is 5.92 Å². The SMILES string of the molecule is C[C@H](OCc1ccccc1)[C@@]([Si])(NC(=O)OCC1c2ccccc2-c2ccccc21)C(=O)O. The Bertz CT molecular complexity index is 1110. The molecule has 0 unspecified atom stereocenters. The molecule has 3 radical (unpaired) electrons. The molecule has 3 aromatic rings. The van der Waals surface area contributed by atoms with Crippen LogP contribution in [0.1, 0.15) is 29.5 Å². The number of alkyl carbamates (subject to hydrolysis) is 1. The van der Waals surface area contributed by atoms with Gasteiger partial charge in [0.2, 0.25) is 0 Å². The lowest BCUT2D eigenvalue weighted by atomic mass is 9.98. The van der Waals surface area contributed by atoms with Gasteiger partial charge in [-0.2, -0.15) is 0 Å². The molecule has 0 aliphatic heterocycles. The molecule has 0 aromatic heterocycles. The normalized spacial score (nSPS) is 15.1. The summed E-state index contributed by atoms with van der Waals surface area (Å²) in [6, 6.07) is 25.4. The molecule has 2 N–H and O–H groups in total. The number of benzene rings is 3. The highest BCUT2D eigenvalue weighted by atomic mass is 28.1. The highest BCUT2D eigenvalue weighted by Crippen LogP contribution is 2.44. The van der Waals surface area contributed by atoms with Crippen LogP contribution in [0.5, 0.6) is 0 Å². The van der Waals surface area contributed by atoms with Crippen molar-refractivity contribution in [1.29, 1.82) is 0 Å². The topological polar surface area (TPSA) is 84.9 Å². The summed E-state index contributed by atoms with van der Waals surface area (Å²) >= 11 is 0.